The van der Waals surface area contributed by atoms with Gasteiger partial charge in [0.25, 0.3) is 0 Å². The van der Waals surface area contributed by atoms with Crippen molar-refractivity contribution in [3.8, 4) is 0 Å². The average Bonchev–Trinajstić information content (AvgIpc) is 2.54. The molecule has 0 heterocycles. The number of carbonyl (C=O) groups excluding carboxylic acids is 3. The highest BCUT2D eigenvalue weighted by Crippen LogP contribution is 1.99. The van der Waals surface area contributed by atoms with Gasteiger partial charge in [0.2, 0.25) is 17.7 Å². The SMILES string of the molecule is CC(NC(=O)C(CO)NC(=O)C(N)C(C)C)C(=O)NC(C(=O)O)C(C)O. The summed E-state index contributed by atoms with van der Waals surface area (Å²) in [5.41, 5.74) is 5.66. The molecule has 3 amide bonds. The van der Waals surface area contributed by atoms with Gasteiger partial charge in [-0.15, -0.1) is 0 Å². The molecule has 0 aliphatic rings. The highest BCUT2D eigenvalue weighted by atomic mass is 16.4. The minimum absolute atomic E-state index is 0.185. The van der Waals surface area contributed by atoms with Crippen LogP contribution in [0.5, 0.6) is 0 Å². The zero-order chi connectivity index (χ0) is 20.6. The van der Waals surface area contributed by atoms with E-state index in [1.807, 2.05) is 0 Å². The third-order valence-electron chi connectivity index (χ3n) is 3.63. The second-order valence-corrected chi connectivity index (χ2v) is 6.31. The summed E-state index contributed by atoms with van der Waals surface area (Å²) < 4.78 is 0. The van der Waals surface area contributed by atoms with E-state index < -0.39 is 60.6 Å². The van der Waals surface area contributed by atoms with Gasteiger partial charge in [-0.2, -0.15) is 0 Å². The smallest absolute Gasteiger partial charge is 0.328 e. The average molecular weight is 376 g/mol. The van der Waals surface area contributed by atoms with Crippen molar-refractivity contribution < 1.29 is 34.5 Å². The van der Waals surface area contributed by atoms with Gasteiger partial charge in [0.05, 0.1) is 18.8 Å². The minimum Gasteiger partial charge on any atom is -0.480 e. The summed E-state index contributed by atoms with van der Waals surface area (Å²) in [4.78, 5) is 46.9. The minimum atomic E-state index is -1.54. The maximum Gasteiger partial charge on any atom is 0.328 e. The number of nitrogens with two attached hydrogens (primary N) is 1. The predicted molar refractivity (Wildman–Crippen MR) is 90.7 cm³/mol. The molecule has 8 N–H and O–H groups in total. The van der Waals surface area contributed by atoms with Crippen molar-refractivity contribution >= 4 is 23.7 Å². The zero-order valence-corrected chi connectivity index (χ0v) is 15.2. The maximum absolute atomic E-state index is 12.1. The molecule has 0 radical (unpaired) electrons. The lowest BCUT2D eigenvalue weighted by molar-refractivity contribution is -0.145. The van der Waals surface area contributed by atoms with Crippen LogP contribution in [0.1, 0.15) is 27.7 Å². The molecule has 0 aromatic carbocycles. The summed E-state index contributed by atoms with van der Waals surface area (Å²) in [6.45, 7) is 5.18. The van der Waals surface area contributed by atoms with Crippen molar-refractivity contribution in [2.24, 2.45) is 11.7 Å². The summed E-state index contributed by atoms with van der Waals surface area (Å²) in [5.74, 6) is -3.95. The lowest BCUT2D eigenvalue weighted by Crippen LogP contribution is -2.58. The molecule has 0 aliphatic heterocycles. The summed E-state index contributed by atoms with van der Waals surface area (Å²) in [7, 11) is 0. The van der Waals surface area contributed by atoms with Crippen LogP contribution < -0.4 is 21.7 Å². The number of aliphatic hydroxyl groups is 2. The van der Waals surface area contributed by atoms with E-state index >= 15 is 0 Å². The normalized spacial score (nSPS) is 16.8. The van der Waals surface area contributed by atoms with Gasteiger partial charge < -0.3 is 37.0 Å². The molecular weight excluding hydrogens is 348 g/mol. The first-order valence-corrected chi connectivity index (χ1v) is 8.10. The molecule has 0 saturated carbocycles. The fraction of sp³-hybridized carbons (Fsp3) is 0.733. The standard InChI is InChI=1S/C15H28N4O7/c1-6(2)10(16)14(24)18-9(5-20)13(23)17-7(3)12(22)19-11(8(4)21)15(25)26/h6-11,20-21H,5,16H2,1-4H3,(H,17,23)(H,18,24)(H,19,22)(H,25,26). The number of nitrogens with one attached hydrogen (secondary N) is 3. The fourth-order valence-electron chi connectivity index (χ4n) is 1.81. The molecule has 0 spiro atoms. The summed E-state index contributed by atoms with van der Waals surface area (Å²) in [6, 6.07) is -4.92. The van der Waals surface area contributed by atoms with Crippen LogP contribution in [0.25, 0.3) is 0 Å². The Balaban J connectivity index is 4.82. The molecule has 0 bridgehead atoms. The number of hydrogen-bond donors (Lipinski definition) is 7. The third kappa shape index (κ3) is 7.33. The van der Waals surface area contributed by atoms with E-state index in [0.29, 0.717) is 0 Å². The number of rotatable bonds is 10. The molecule has 150 valence electrons. The van der Waals surface area contributed by atoms with E-state index in [1.165, 1.54) is 13.8 Å². The van der Waals surface area contributed by atoms with Crippen LogP contribution in [0.4, 0.5) is 0 Å². The van der Waals surface area contributed by atoms with Gasteiger partial charge in [-0.05, 0) is 19.8 Å². The Labute approximate surface area is 151 Å². The second kappa shape index (κ2) is 10.7. The Morgan fingerprint density at radius 3 is 1.85 bits per heavy atom. The number of aliphatic carboxylic acids is 1. The van der Waals surface area contributed by atoms with Gasteiger partial charge >= 0.3 is 5.97 Å². The van der Waals surface area contributed by atoms with E-state index in [0.717, 1.165) is 0 Å². The van der Waals surface area contributed by atoms with Crippen molar-refractivity contribution in [1.82, 2.24) is 16.0 Å². The summed E-state index contributed by atoms with van der Waals surface area (Å²) in [5, 5.41) is 34.1. The number of carboxylic acids is 1. The van der Waals surface area contributed by atoms with Crippen LogP contribution in [0.15, 0.2) is 0 Å². The Kier molecular flexibility index (Phi) is 9.76. The summed E-state index contributed by atoms with van der Waals surface area (Å²) in [6.07, 6.45) is -1.35. The van der Waals surface area contributed by atoms with Gasteiger partial charge in [0.1, 0.15) is 12.1 Å². The first-order valence-electron chi connectivity index (χ1n) is 8.10. The third-order valence-corrected chi connectivity index (χ3v) is 3.63. The van der Waals surface area contributed by atoms with E-state index in [-0.39, 0.29) is 5.92 Å². The van der Waals surface area contributed by atoms with Gasteiger partial charge in [-0.3, -0.25) is 14.4 Å². The van der Waals surface area contributed by atoms with Crippen molar-refractivity contribution in [2.45, 2.75) is 58.0 Å². The molecule has 0 aromatic rings. The molecule has 0 saturated heterocycles. The Morgan fingerprint density at radius 2 is 1.46 bits per heavy atom. The number of carboxylic acid groups (broad SMARTS) is 1. The molecule has 0 rings (SSSR count). The van der Waals surface area contributed by atoms with E-state index in [2.05, 4.69) is 16.0 Å². The highest BCUT2D eigenvalue weighted by Gasteiger charge is 2.30. The number of carbonyl (C=O) groups is 4. The van der Waals surface area contributed by atoms with Gasteiger partial charge in [0, 0.05) is 0 Å². The molecule has 0 fully saturated rings. The molecule has 5 unspecified atom stereocenters. The van der Waals surface area contributed by atoms with Gasteiger partial charge in [0.15, 0.2) is 6.04 Å². The first-order chi connectivity index (χ1) is 11.9. The van der Waals surface area contributed by atoms with Crippen molar-refractivity contribution in [2.75, 3.05) is 6.61 Å². The second-order valence-electron chi connectivity index (χ2n) is 6.31. The Morgan fingerprint density at radius 1 is 0.923 bits per heavy atom. The Bertz CT molecular complexity index is 524. The molecule has 0 aromatic heterocycles. The van der Waals surface area contributed by atoms with Crippen molar-refractivity contribution in [3.63, 3.8) is 0 Å². The molecule has 5 atom stereocenters. The van der Waals surface area contributed by atoms with E-state index in [4.69, 9.17) is 10.8 Å². The van der Waals surface area contributed by atoms with Gasteiger partial charge in [-0.25, -0.2) is 4.79 Å². The summed E-state index contributed by atoms with van der Waals surface area (Å²) >= 11 is 0. The predicted octanol–water partition coefficient (Wildman–Crippen LogP) is -3.10. The molecule has 11 nitrogen and oxygen atoms in total. The van der Waals surface area contributed by atoms with E-state index in [9.17, 15) is 29.4 Å². The van der Waals surface area contributed by atoms with Crippen LogP contribution in [0.3, 0.4) is 0 Å². The molecular formula is C15H28N4O7. The number of hydrogen-bond acceptors (Lipinski definition) is 7. The maximum atomic E-state index is 12.1. The number of amides is 3. The largest absolute Gasteiger partial charge is 0.480 e. The highest BCUT2D eigenvalue weighted by molar-refractivity contribution is 5.94. The molecule has 0 aliphatic carbocycles. The van der Waals surface area contributed by atoms with Crippen LogP contribution in [-0.4, -0.2) is 75.9 Å². The number of aliphatic hydroxyl groups excluding tert-OH is 2. The van der Waals surface area contributed by atoms with Crippen molar-refractivity contribution in [3.05, 3.63) is 0 Å². The van der Waals surface area contributed by atoms with Crippen LogP contribution in [0.2, 0.25) is 0 Å². The first kappa shape index (κ1) is 23.8. The quantitative estimate of drug-likeness (QED) is 0.208. The molecule has 11 heteroatoms. The Hall–Kier alpha value is -2.24. The van der Waals surface area contributed by atoms with Crippen molar-refractivity contribution in [1.29, 1.82) is 0 Å². The van der Waals surface area contributed by atoms with Crippen LogP contribution in [-0.2, 0) is 19.2 Å². The van der Waals surface area contributed by atoms with Gasteiger partial charge in [-0.1, -0.05) is 13.8 Å². The topological polar surface area (TPSA) is 191 Å². The van der Waals surface area contributed by atoms with E-state index in [1.54, 1.807) is 13.8 Å². The van der Waals surface area contributed by atoms with Crippen LogP contribution >= 0.6 is 0 Å². The lowest BCUT2D eigenvalue weighted by atomic mass is 10.0. The fourth-order valence-corrected chi connectivity index (χ4v) is 1.81. The molecule has 26 heavy (non-hydrogen) atoms. The van der Waals surface area contributed by atoms with Crippen LogP contribution in [0, 0.1) is 5.92 Å². The zero-order valence-electron chi connectivity index (χ0n) is 15.2. The monoisotopic (exact) mass is 376 g/mol. The lowest BCUT2D eigenvalue weighted by Gasteiger charge is -2.23.